The predicted octanol–water partition coefficient (Wildman–Crippen LogP) is 23.9. The number of benzene rings is 16. The molecule has 0 atom stereocenters. The summed E-state index contributed by atoms with van der Waals surface area (Å²) in [6, 6.07) is 126. The van der Waals surface area contributed by atoms with Crippen LogP contribution < -0.4 is 9.80 Å². The van der Waals surface area contributed by atoms with Gasteiger partial charge in [0.05, 0.1) is 44.8 Å². The summed E-state index contributed by atoms with van der Waals surface area (Å²) < 4.78 is 5.04. The van der Waals surface area contributed by atoms with Crippen LogP contribution in [0.1, 0.15) is 0 Å². The Balaban J connectivity index is 0.970. The van der Waals surface area contributed by atoms with Gasteiger partial charge in [0.25, 0.3) is 0 Å². The molecule has 2 heterocycles. The Morgan fingerprint density at radius 3 is 0.956 bits per heavy atom. The molecule has 90 heavy (non-hydrogen) atoms. The van der Waals surface area contributed by atoms with Crippen molar-refractivity contribution in [1.82, 2.24) is 9.13 Å². The SMILES string of the molecule is c1ccc(-c2cccc3c4cccc(N(c5ccc6ccccc6c5)c5cc6cc(N(c7ccc8ccccc8c7)c7cccc8c9cccc(-c%10ccccc%10)c9n(-c9ccccc9)c78)c7ccccc7c6c6ccccc56)c4n(-c4ccccc4)c23)cc1. The third kappa shape index (κ3) is 8.09. The Labute approximate surface area is 520 Å². The van der Waals surface area contributed by atoms with Crippen molar-refractivity contribution in [2.24, 2.45) is 0 Å². The fraction of sp³-hybridized carbons (Fsp3) is 0. The Morgan fingerprint density at radius 1 is 0.200 bits per heavy atom. The Kier molecular flexibility index (Phi) is 11.9. The van der Waals surface area contributed by atoms with E-state index in [1.165, 1.54) is 92.5 Å². The van der Waals surface area contributed by atoms with E-state index in [0.29, 0.717) is 0 Å². The molecule has 0 radical (unpaired) electrons. The van der Waals surface area contributed by atoms with E-state index in [1.807, 2.05) is 0 Å². The number of hydrogen-bond donors (Lipinski definition) is 0. The summed E-state index contributed by atoms with van der Waals surface area (Å²) in [5, 5.41) is 16.5. The van der Waals surface area contributed by atoms with Crippen molar-refractivity contribution in [3.63, 3.8) is 0 Å². The van der Waals surface area contributed by atoms with Crippen molar-refractivity contribution in [2.75, 3.05) is 9.80 Å². The lowest BCUT2D eigenvalue weighted by Crippen LogP contribution is -2.13. The van der Waals surface area contributed by atoms with Crippen molar-refractivity contribution in [3.05, 3.63) is 340 Å². The van der Waals surface area contributed by atoms with Crippen molar-refractivity contribution in [3.8, 4) is 33.6 Å². The van der Waals surface area contributed by atoms with Gasteiger partial charge in [-0.1, -0.05) is 267 Å². The summed E-state index contributed by atoms with van der Waals surface area (Å²) in [5.41, 5.74) is 17.9. The summed E-state index contributed by atoms with van der Waals surface area (Å²) in [6.45, 7) is 0. The van der Waals surface area contributed by atoms with Gasteiger partial charge in [-0.05, 0) is 127 Å². The van der Waals surface area contributed by atoms with Crippen LogP contribution in [0.25, 0.3) is 131 Å². The van der Waals surface area contributed by atoms with Crippen molar-refractivity contribution in [2.45, 2.75) is 0 Å². The van der Waals surface area contributed by atoms with Gasteiger partial charge in [-0.25, -0.2) is 0 Å². The van der Waals surface area contributed by atoms with Crippen LogP contribution in [0, 0.1) is 0 Å². The average molecular weight is 1150 g/mol. The zero-order chi connectivity index (χ0) is 59.2. The summed E-state index contributed by atoms with van der Waals surface area (Å²) in [4.78, 5) is 5.10. The number of rotatable bonds is 10. The molecule has 18 rings (SSSR count). The number of anilines is 6. The highest BCUT2D eigenvalue weighted by Crippen LogP contribution is 2.53. The highest BCUT2D eigenvalue weighted by molar-refractivity contribution is 6.28. The Hall–Kier alpha value is -12.0. The van der Waals surface area contributed by atoms with E-state index in [-0.39, 0.29) is 0 Å². The molecular formula is C86H56N4. The monoisotopic (exact) mass is 1140 g/mol. The summed E-state index contributed by atoms with van der Waals surface area (Å²) in [7, 11) is 0. The van der Waals surface area contributed by atoms with E-state index in [0.717, 1.165) is 72.7 Å². The van der Waals surface area contributed by atoms with Gasteiger partial charge in [-0.3, -0.25) is 0 Å². The van der Waals surface area contributed by atoms with Crippen LogP contribution in [0.5, 0.6) is 0 Å². The maximum absolute atomic E-state index is 2.55. The quantitative estimate of drug-likeness (QED) is 0.127. The summed E-state index contributed by atoms with van der Waals surface area (Å²) in [5.74, 6) is 0. The van der Waals surface area contributed by atoms with Crippen LogP contribution in [0.15, 0.2) is 340 Å². The first-order valence-electron chi connectivity index (χ1n) is 31.0. The molecule has 0 aliphatic rings. The minimum absolute atomic E-state index is 1.06. The van der Waals surface area contributed by atoms with Crippen LogP contribution in [0.4, 0.5) is 34.1 Å². The van der Waals surface area contributed by atoms with Crippen LogP contribution in [0.3, 0.4) is 0 Å². The molecule has 18 aromatic rings. The van der Waals surface area contributed by atoms with Gasteiger partial charge >= 0.3 is 0 Å². The molecular weight excluding hydrogens is 1090 g/mol. The number of hydrogen-bond acceptors (Lipinski definition) is 2. The lowest BCUT2D eigenvalue weighted by Gasteiger charge is -2.31. The van der Waals surface area contributed by atoms with Gasteiger partial charge in [0.2, 0.25) is 0 Å². The molecule has 0 bridgehead atoms. The van der Waals surface area contributed by atoms with Crippen LogP contribution >= 0.6 is 0 Å². The number of para-hydroxylation sites is 6. The van der Waals surface area contributed by atoms with Crippen LogP contribution in [0.2, 0.25) is 0 Å². The molecule has 4 nitrogen and oxygen atoms in total. The molecule has 4 heteroatoms. The minimum Gasteiger partial charge on any atom is -0.308 e. The van der Waals surface area contributed by atoms with E-state index in [2.05, 4.69) is 359 Å². The molecule has 0 spiro atoms. The molecule has 0 saturated heterocycles. The molecule has 2 aromatic heterocycles. The number of nitrogens with zero attached hydrogens (tertiary/aromatic N) is 4. The lowest BCUT2D eigenvalue weighted by atomic mass is 9.92. The smallest absolute Gasteiger partial charge is 0.0782 e. The summed E-state index contributed by atoms with van der Waals surface area (Å²) >= 11 is 0. The molecule has 0 unspecified atom stereocenters. The zero-order valence-electron chi connectivity index (χ0n) is 49.1. The molecule has 0 N–H and O–H groups in total. The fourth-order valence-corrected chi connectivity index (χ4v) is 14.7. The van der Waals surface area contributed by atoms with E-state index in [9.17, 15) is 0 Å². The number of aromatic nitrogens is 2. The van der Waals surface area contributed by atoms with Crippen LogP contribution in [-0.2, 0) is 0 Å². The van der Waals surface area contributed by atoms with Gasteiger partial charge in [0.1, 0.15) is 0 Å². The van der Waals surface area contributed by atoms with Crippen molar-refractivity contribution < 1.29 is 0 Å². The zero-order valence-corrected chi connectivity index (χ0v) is 49.1. The van der Waals surface area contributed by atoms with Gasteiger partial charge in [0.15, 0.2) is 0 Å². The second-order valence-electron chi connectivity index (χ2n) is 23.5. The largest absolute Gasteiger partial charge is 0.308 e. The Morgan fingerprint density at radius 2 is 0.533 bits per heavy atom. The first-order valence-corrected chi connectivity index (χ1v) is 31.0. The topological polar surface area (TPSA) is 16.3 Å². The van der Waals surface area contributed by atoms with Gasteiger partial charge in [-0.15, -0.1) is 0 Å². The standard InChI is InChI=1S/C86H56N4/c1-5-27-59(28-6-1)68-41-21-43-74-76-45-23-47-78(85(76)89(83(68)74)64-33-9-3-10-34-64)87(66-51-49-57-25-13-15-31-61(57)53-66)80-55-63-56-81(71-38-18-20-40-73(71)82(63)72-39-19-17-37-70(72)80)88(67-52-50-58-26-14-16-32-62(58)54-67)79-48-24-46-77-75-44-22-42-69(60-29-7-2-8-30-60)84(75)90(86(77)79)65-35-11-4-12-36-65/h1-56H. The molecule has 0 aliphatic carbocycles. The third-order valence-corrected chi connectivity index (χ3v) is 18.5. The molecule has 16 aromatic carbocycles. The van der Waals surface area contributed by atoms with Crippen molar-refractivity contribution in [1.29, 1.82) is 0 Å². The minimum atomic E-state index is 1.06. The van der Waals surface area contributed by atoms with Gasteiger partial charge < -0.3 is 18.9 Å². The molecule has 420 valence electrons. The highest BCUT2D eigenvalue weighted by atomic mass is 15.2. The van der Waals surface area contributed by atoms with Gasteiger partial charge in [0, 0.05) is 66.2 Å². The van der Waals surface area contributed by atoms with Crippen molar-refractivity contribution >= 4 is 132 Å². The molecule has 0 aliphatic heterocycles. The summed E-state index contributed by atoms with van der Waals surface area (Å²) in [6.07, 6.45) is 0. The van der Waals surface area contributed by atoms with E-state index in [1.54, 1.807) is 0 Å². The molecule has 0 amide bonds. The Bertz CT molecular complexity index is 5490. The second kappa shape index (κ2) is 20.9. The maximum atomic E-state index is 2.55. The fourth-order valence-electron chi connectivity index (χ4n) is 14.7. The third-order valence-electron chi connectivity index (χ3n) is 18.5. The van der Waals surface area contributed by atoms with Crippen LogP contribution in [-0.4, -0.2) is 9.13 Å². The first kappa shape index (κ1) is 51.3. The predicted molar refractivity (Wildman–Crippen MR) is 383 cm³/mol. The second-order valence-corrected chi connectivity index (χ2v) is 23.5. The lowest BCUT2D eigenvalue weighted by molar-refractivity contribution is 1.17. The molecule has 0 saturated carbocycles. The highest BCUT2D eigenvalue weighted by Gasteiger charge is 2.29. The number of fused-ring (bicyclic) bond motifs is 13. The van der Waals surface area contributed by atoms with E-state index in [4.69, 9.17) is 0 Å². The maximum Gasteiger partial charge on any atom is 0.0782 e. The van der Waals surface area contributed by atoms with E-state index >= 15 is 0 Å². The van der Waals surface area contributed by atoms with E-state index < -0.39 is 0 Å². The average Bonchev–Trinajstić information content (AvgIpc) is 1.42. The normalized spacial score (nSPS) is 11.8. The first-order chi connectivity index (χ1) is 44.7. The van der Waals surface area contributed by atoms with Gasteiger partial charge in [-0.2, -0.15) is 0 Å². The molecule has 0 fully saturated rings.